The Morgan fingerprint density at radius 1 is 1.08 bits per heavy atom. The van der Waals surface area contributed by atoms with E-state index in [-0.39, 0.29) is 5.91 Å². The van der Waals surface area contributed by atoms with Gasteiger partial charge in [0.1, 0.15) is 17.0 Å². The number of hydrogen-bond acceptors (Lipinski definition) is 6. The smallest absolute Gasteiger partial charge is 0.229 e. The third-order valence-corrected chi connectivity index (χ3v) is 6.08. The van der Waals surface area contributed by atoms with Gasteiger partial charge in [0, 0.05) is 51.5 Å². The summed E-state index contributed by atoms with van der Waals surface area (Å²) in [6, 6.07) is 8.51. The number of carbonyl (C=O) groups is 1. The molecule has 0 saturated heterocycles. The van der Waals surface area contributed by atoms with Gasteiger partial charge in [-0.25, -0.2) is 14.4 Å². The molecule has 1 aromatic carbocycles. The summed E-state index contributed by atoms with van der Waals surface area (Å²) in [5.74, 6) is -0.114. The molecule has 0 unspecified atom stereocenters. The highest BCUT2D eigenvalue weighted by Crippen LogP contribution is 2.34. The standard InChI is InChI=1S/C27H22FN7O2/c1-27(2,3)26(36)31-16-8-15(11-29-12-16)18-9-19-21(10-20(18)28)34-35-23(19)25-32-22-17(14-5-7-37-13-14)4-6-30-24(22)33-25/h4-13H,1-3H3,(H,31,36)(H,34,35)(H,30,32,33). The fourth-order valence-electron chi connectivity index (χ4n) is 4.09. The zero-order valence-electron chi connectivity index (χ0n) is 20.3. The van der Waals surface area contributed by atoms with Crippen LogP contribution in [0.5, 0.6) is 0 Å². The van der Waals surface area contributed by atoms with Crippen molar-refractivity contribution in [2.45, 2.75) is 20.8 Å². The molecule has 0 aliphatic carbocycles. The fraction of sp³-hybridized carbons (Fsp3) is 0.148. The monoisotopic (exact) mass is 495 g/mol. The van der Waals surface area contributed by atoms with Gasteiger partial charge in [-0.05, 0) is 24.3 Å². The number of rotatable bonds is 4. The number of fused-ring (bicyclic) bond motifs is 2. The van der Waals surface area contributed by atoms with Crippen molar-refractivity contribution in [3.05, 3.63) is 67.3 Å². The number of imidazole rings is 1. The molecular formula is C27H22FN7O2. The second-order valence-corrected chi connectivity index (χ2v) is 9.77. The van der Waals surface area contributed by atoms with Crippen LogP contribution in [0, 0.1) is 11.2 Å². The van der Waals surface area contributed by atoms with Crippen LogP contribution in [0.2, 0.25) is 0 Å². The highest BCUT2D eigenvalue weighted by Gasteiger charge is 2.22. The molecule has 37 heavy (non-hydrogen) atoms. The summed E-state index contributed by atoms with van der Waals surface area (Å²) in [6.07, 6.45) is 8.03. The summed E-state index contributed by atoms with van der Waals surface area (Å²) < 4.78 is 20.4. The number of halogens is 1. The van der Waals surface area contributed by atoms with E-state index in [1.165, 1.54) is 12.3 Å². The largest absolute Gasteiger partial charge is 0.472 e. The first kappa shape index (κ1) is 22.6. The highest BCUT2D eigenvalue weighted by molar-refractivity contribution is 5.98. The molecule has 1 amide bonds. The summed E-state index contributed by atoms with van der Waals surface area (Å²) in [5, 5.41) is 10.8. The Hall–Kier alpha value is -4.86. The maximum Gasteiger partial charge on any atom is 0.229 e. The first-order valence-corrected chi connectivity index (χ1v) is 11.6. The molecule has 6 rings (SSSR count). The van der Waals surface area contributed by atoms with Crippen LogP contribution in [0.4, 0.5) is 10.1 Å². The molecule has 6 aromatic rings. The lowest BCUT2D eigenvalue weighted by Crippen LogP contribution is -2.27. The topological polar surface area (TPSA) is 125 Å². The molecule has 5 heterocycles. The summed E-state index contributed by atoms with van der Waals surface area (Å²) in [5.41, 5.74) is 4.81. The van der Waals surface area contributed by atoms with Gasteiger partial charge in [-0.3, -0.25) is 14.9 Å². The summed E-state index contributed by atoms with van der Waals surface area (Å²) in [7, 11) is 0. The second-order valence-electron chi connectivity index (χ2n) is 9.77. The second kappa shape index (κ2) is 8.37. The van der Waals surface area contributed by atoms with E-state index in [0.717, 1.165) is 11.1 Å². The Bertz CT molecular complexity index is 1780. The van der Waals surface area contributed by atoms with Gasteiger partial charge in [0.15, 0.2) is 11.5 Å². The number of H-pyrrole nitrogens is 2. The van der Waals surface area contributed by atoms with Crippen molar-refractivity contribution < 1.29 is 13.6 Å². The molecule has 9 nitrogen and oxygen atoms in total. The van der Waals surface area contributed by atoms with Gasteiger partial charge in [-0.1, -0.05) is 20.8 Å². The van der Waals surface area contributed by atoms with E-state index in [2.05, 4.69) is 30.5 Å². The molecule has 10 heteroatoms. The number of hydrogen-bond donors (Lipinski definition) is 3. The maximum atomic E-state index is 15.2. The molecule has 0 aliphatic rings. The average molecular weight is 496 g/mol. The number of aromatic nitrogens is 6. The molecule has 0 saturated carbocycles. The number of anilines is 1. The molecule has 0 bridgehead atoms. The van der Waals surface area contributed by atoms with Crippen LogP contribution in [-0.2, 0) is 4.79 Å². The number of pyridine rings is 2. The molecule has 184 valence electrons. The Labute approximate surface area is 210 Å². The zero-order chi connectivity index (χ0) is 25.7. The minimum atomic E-state index is -0.579. The van der Waals surface area contributed by atoms with Crippen molar-refractivity contribution in [3.8, 4) is 33.8 Å². The number of benzene rings is 1. The zero-order valence-corrected chi connectivity index (χ0v) is 20.3. The third-order valence-electron chi connectivity index (χ3n) is 6.08. The first-order valence-electron chi connectivity index (χ1n) is 11.6. The van der Waals surface area contributed by atoms with E-state index in [4.69, 9.17) is 9.40 Å². The van der Waals surface area contributed by atoms with Gasteiger partial charge in [0.25, 0.3) is 0 Å². The number of nitrogens with zero attached hydrogens (tertiary/aromatic N) is 4. The normalized spacial score (nSPS) is 11.9. The van der Waals surface area contributed by atoms with Crippen LogP contribution in [0.3, 0.4) is 0 Å². The number of nitrogens with one attached hydrogen (secondary N) is 3. The van der Waals surface area contributed by atoms with Crippen LogP contribution >= 0.6 is 0 Å². The van der Waals surface area contributed by atoms with Gasteiger partial charge in [0.2, 0.25) is 5.91 Å². The third kappa shape index (κ3) is 4.02. The van der Waals surface area contributed by atoms with E-state index >= 15 is 4.39 Å². The Morgan fingerprint density at radius 3 is 2.73 bits per heavy atom. The van der Waals surface area contributed by atoms with Gasteiger partial charge >= 0.3 is 0 Å². The lowest BCUT2D eigenvalue weighted by Gasteiger charge is -2.17. The number of furan rings is 1. The van der Waals surface area contributed by atoms with Gasteiger partial charge < -0.3 is 14.7 Å². The fourth-order valence-corrected chi connectivity index (χ4v) is 4.09. The van der Waals surface area contributed by atoms with Crippen LogP contribution in [0.1, 0.15) is 20.8 Å². The van der Waals surface area contributed by atoms with Crippen LogP contribution in [0.15, 0.2) is 65.9 Å². The maximum absolute atomic E-state index is 15.2. The van der Waals surface area contributed by atoms with Crippen molar-refractivity contribution in [1.29, 1.82) is 0 Å². The molecular weight excluding hydrogens is 473 g/mol. The van der Waals surface area contributed by atoms with Gasteiger partial charge in [-0.2, -0.15) is 5.10 Å². The molecule has 5 aromatic heterocycles. The van der Waals surface area contributed by atoms with Crippen molar-refractivity contribution in [1.82, 2.24) is 30.1 Å². The Kier molecular flexibility index (Phi) is 5.11. The molecule has 0 fully saturated rings. The van der Waals surface area contributed by atoms with Crippen molar-refractivity contribution >= 4 is 33.7 Å². The Balaban J connectivity index is 1.43. The van der Waals surface area contributed by atoms with Crippen LogP contribution < -0.4 is 5.32 Å². The van der Waals surface area contributed by atoms with Crippen LogP contribution in [-0.4, -0.2) is 36.0 Å². The quantitative estimate of drug-likeness (QED) is 0.278. The van der Waals surface area contributed by atoms with Crippen LogP contribution in [0.25, 0.3) is 55.8 Å². The summed E-state index contributed by atoms with van der Waals surface area (Å²) in [6.45, 7) is 5.46. The average Bonchev–Trinajstić information content (AvgIpc) is 3.62. The lowest BCUT2D eigenvalue weighted by atomic mass is 9.95. The number of aromatic amines is 2. The molecule has 3 N–H and O–H groups in total. The van der Waals surface area contributed by atoms with Crippen molar-refractivity contribution in [2.75, 3.05) is 5.32 Å². The highest BCUT2D eigenvalue weighted by atomic mass is 19.1. The molecule has 0 aliphatic heterocycles. The number of carbonyl (C=O) groups excluding carboxylic acids is 1. The molecule has 0 radical (unpaired) electrons. The van der Waals surface area contributed by atoms with E-state index in [1.54, 1.807) is 37.1 Å². The minimum absolute atomic E-state index is 0.159. The van der Waals surface area contributed by atoms with E-state index < -0.39 is 11.2 Å². The Morgan fingerprint density at radius 2 is 1.95 bits per heavy atom. The summed E-state index contributed by atoms with van der Waals surface area (Å²) >= 11 is 0. The van der Waals surface area contributed by atoms with Gasteiger partial charge in [-0.15, -0.1) is 0 Å². The van der Waals surface area contributed by atoms with Crippen molar-refractivity contribution in [3.63, 3.8) is 0 Å². The number of amides is 1. The van der Waals surface area contributed by atoms with Gasteiger partial charge in [0.05, 0.1) is 29.9 Å². The van der Waals surface area contributed by atoms with E-state index in [1.807, 2.05) is 32.9 Å². The van der Waals surface area contributed by atoms with Crippen molar-refractivity contribution in [2.24, 2.45) is 5.41 Å². The predicted octanol–water partition coefficient (Wildman–Crippen LogP) is 5.95. The SMILES string of the molecule is CC(C)(C)C(=O)Nc1cncc(-c2cc3c(-c4nc5c(-c6ccoc6)ccnc5[nH]4)n[nH]c3cc2F)c1. The molecule has 0 atom stereocenters. The lowest BCUT2D eigenvalue weighted by molar-refractivity contribution is -0.123. The minimum Gasteiger partial charge on any atom is -0.472 e. The predicted molar refractivity (Wildman–Crippen MR) is 138 cm³/mol. The molecule has 0 spiro atoms. The van der Waals surface area contributed by atoms with E-state index in [9.17, 15) is 4.79 Å². The van der Waals surface area contributed by atoms with E-state index in [0.29, 0.717) is 50.4 Å². The first-order chi connectivity index (χ1) is 17.8. The summed E-state index contributed by atoms with van der Waals surface area (Å²) in [4.78, 5) is 29.0.